The average Bonchev–Trinajstić information content (AvgIpc) is 3.14. The van der Waals surface area contributed by atoms with Crippen molar-refractivity contribution in [3.8, 4) is 16.9 Å². The van der Waals surface area contributed by atoms with Gasteiger partial charge in [0.25, 0.3) is 0 Å². The molecule has 0 N–H and O–H groups in total. The summed E-state index contributed by atoms with van der Waals surface area (Å²) in [6, 6.07) is 19.9. The molecule has 0 spiro atoms. The summed E-state index contributed by atoms with van der Waals surface area (Å²) >= 11 is 0. The van der Waals surface area contributed by atoms with Crippen molar-refractivity contribution in [2.45, 2.75) is 26.7 Å². The average molecular weight is 415 g/mol. The Morgan fingerprint density at radius 1 is 1.03 bits per heavy atom. The highest BCUT2D eigenvalue weighted by Gasteiger charge is 2.21. The third-order valence-corrected chi connectivity index (χ3v) is 5.48. The molecule has 0 bridgehead atoms. The first-order chi connectivity index (χ1) is 15.0. The lowest BCUT2D eigenvalue weighted by molar-refractivity contribution is -0.130. The van der Waals surface area contributed by atoms with Gasteiger partial charge in [0.1, 0.15) is 0 Å². The van der Waals surface area contributed by atoms with Gasteiger partial charge in [-0.2, -0.15) is 5.10 Å². The summed E-state index contributed by atoms with van der Waals surface area (Å²) in [5, 5.41) is 5.80. The standard InChI is InChI=1S/C25H25N3O3/c1-4-31-25(30)21-16-23(19-8-6-5-7-9-19)28(17(21)2)20-12-10-18(11-13-20)22-14-15-24(29)27(3)26-22/h5-13,16H,4,14-15H2,1-3H3. The molecule has 6 heteroatoms. The number of esters is 1. The maximum absolute atomic E-state index is 12.5. The molecule has 2 heterocycles. The number of nitrogens with zero attached hydrogens (tertiary/aromatic N) is 3. The van der Waals surface area contributed by atoms with Crippen LogP contribution in [0.2, 0.25) is 0 Å². The number of hydrogen-bond donors (Lipinski definition) is 0. The Labute approximate surface area is 181 Å². The molecular formula is C25H25N3O3. The van der Waals surface area contributed by atoms with E-state index in [1.54, 1.807) is 14.0 Å². The summed E-state index contributed by atoms with van der Waals surface area (Å²) in [6.07, 6.45) is 1.10. The van der Waals surface area contributed by atoms with E-state index in [9.17, 15) is 9.59 Å². The van der Waals surface area contributed by atoms with Crippen LogP contribution in [-0.4, -0.2) is 40.8 Å². The number of ether oxygens (including phenoxy) is 1. The highest BCUT2D eigenvalue weighted by Crippen LogP contribution is 2.30. The number of hydrogen-bond acceptors (Lipinski definition) is 4. The number of rotatable bonds is 5. The van der Waals surface area contributed by atoms with Gasteiger partial charge in [-0.1, -0.05) is 42.5 Å². The molecule has 4 rings (SSSR count). The van der Waals surface area contributed by atoms with E-state index in [2.05, 4.69) is 9.67 Å². The van der Waals surface area contributed by atoms with Gasteiger partial charge in [-0.25, -0.2) is 9.80 Å². The van der Waals surface area contributed by atoms with Crippen LogP contribution < -0.4 is 0 Å². The summed E-state index contributed by atoms with van der Waals surface area (Å²) in [6.45, 7) is 4.07. The van der Waals surface area contributed by atoms with E-state index in [1.165, 1.54) is 5.01 Å². The molecule has 2 aromatic carbocycles. The fourth-order valence-corrected chi connectivity index (χ4v) is 3.86. The van der Waals surface area contributed by atoms with Crippen molar-refractivity contribution in [1.29, 1.82) is 0 Å². The zero-order chi connectivity index (χ0) is 22.0. The largest absolute Gasteiger partial charge is 0.462 e. The zero-order valence-electron chi connectivity index (χ0n) is 18.0. The molecular weight excluding hydrogens is 390 g/mol. The highest BCUT2D eigenvalue weighted by molar-refractivity contribution is 6.04. The maximum atomic E-state index is 12.5. The number of aromatic nitrogens is 1. The molecule has 0 saturated heterocycles. The monoisotopic (exact) mass is 415 g/mol. The van der Waals surface area contributed by atoms with E-state index >= 15 is 0 Å². The van der Waals surface area contributed by atoms with Gasteiger partial charge in [-0.05, 0) is 43.2 Å². The molecule has 1 aromatic heterocycles. The first kappa shape index (κ1) is 20.6. The lowest BCUT2D eigenvalue weighted by Crippen LogP contribution is -2.28. The molecule has 158 valence electrons. The van der Waals surface area contributed by atoms with Gasteiger partial charge in [0.05, 0.1) is 23.6 Å². The van der Waals surface area contributed by atoms with Crippen molar-refractivity contribution in [2.75, 3.05) is 13.7 Å². The van der Waals surface area contributed by atoms with Crippen LogP contribution in [0.25, 0.3) is 16.9 Å². The number of carbonyl (C=O) groups is 2. The van der Waals surface area contributed by atoms with Crippen molar-refractivity contribution in [3.05, 3.63) is 77.5 Å². The second-order valence-electron chi connectivity index (χ2n) is 7.46. The fourth-order valence-electron chi connectivity index (χ4n) is 3.86. The smallest absolute Gasteiger partial charge is 0.339 e. The van der Waals surface area contributed by atoms with Crippen LogP contribution in [0.3, 0.4) is 0 Å². The van der Waals surface area contributed by atoms with E-state index in [-0.39, 0.29) is 11.9 Å². The van der Waals surface area contributed by atoms with Crippen LogP contribution >= 0.6 is 0 Å². The molecule has 0 aliphatic carbocycles. The second-order valence-corrected chi connectivity index (χ2v) is 7.46. The lowest BCUT2D eigenvalue weighted by Gasteiger charge is -2.20. The van der Waals surface area contributed by atoms with E-state index < -0.39 is 0 Å². The first-order valence-corrected chi connectivity index (χ1v) is 10.4. The van der Waals surface area contributed by atoms with Crippen molar-refractivity contribution >= 4 is 17.6 Å². The van der Waals surface area contributed by atoms with E-state index in [1.807, 2.05) is 67.6 Å². The third-order valence-electron chi connectivity index (χ3n) is 5.48. The minimum atomic E-state index is -0.322. The van der Waals surface area contributed by atoms with Gasteiger partial charge >= 0.3 is 5.97 Å². The van der Waals surface area contributed by atoms with Crippen LogP contribution in [0, 0.1) is 6.92 Å². The Hall–Kier alpha value is -3.67. The Morgan fingerprint density at radius 3 is 2.39 bits per heavy atom. The first-order valence-electron chi connectivity index (χ1n) is 10.4. The molecule has 1 aliphatic rings. The second kappa shape index (κ2) is 8.60. The van der Waals surface area contributed by atoms with Crippen molar-refractivity contribution in [2.24, 2.45) is 5.10 Å². The fraction of sp³-hybridized carbons (Fsp3) is 0.240. The van der Waals surface area contributed by atoms with E-state index in [0.717, 1.165) is 33.9 Å². The van der Waals surface area contributed by atoms with Gasteiger partial charge < -0.3 is 9.30 Å². The number of hydrazone groups is 1. The molecule has 6 nitrogen and oxygen atoms in total. The van der Waals surface area contributed by atoms with Gasteiger partial charge in [-0.15, -0.1) is 0 Å². The Kier molecular flexibility index (Phi) is 5.71. The van der Waals surface area contributed by atoms with E-state index in [4.69, 9.17) is 4.74 Å². The topological polar surface area (TPSA) is 63.9 Å². The predicted molar refractivity (Wildman–Crippen MR) is 120 cm³/mol. The summed E-state index contributed by atoms with van der Waals surface area (Å²) in [5.74, 6) is -0.292. The van der Waals surface area contributed by atoms with Gasteiger partial charge in [0.2, 0.25) is 5.91 Å². The van der Waals surface area contributed by atoms with Crippen molar-refractivity contribution < 1.29 is 14.3 Å². The molecule has 0 radical (unpaired) electrons. The summed E-state index contributed by atoms with van der Waals surface area (Å²) in [7, 11) is 1.68. The van der Waals surface area contributed by atoms with Gasteiger partial charge in [0, 0.05) is 31.3 Å². The normalized spacial score (nSPS) is 13.8. The third kappa shape index (κ3) is 4.01. The van der Waals surface area contributed by atoms with Gasteiger partial charge in [-0.3, -0.25) is 4.79 Å². The molecule has 1 amide bonds. The number of benzene rings is 2. The predicted octanol–water partition coefficient (Wildman–Crippen LogP) is 4.59. The Morgan fingerprint density at radius 2 is 1.74 bits per heavy atom. The number of carbonyl (C=O) groups excluding carboxylic acids is 2. The van der Waals surface area contributed by atoms with Crippen molar-refractivity contribution in [3.63, 3.8) is 0 Å². The summed E-state index contributed by atoms with van der Waals surface area (Å²) in [5.41, 5.74) is 6.15. The molecule has 0 unspecified atom stereocenters. The molecule has 0 atom stereocenters. The molecule has 0 saturated carbocycles. The Bertz CT molecular complexity index is 1140. The van der Waals surface area contributed by atoms with Crippen LogP contribution in [0.5, 0.6) is 0 Å². The Balaban J connectivity index is 1.77. The highest BCUT2D eigenvalue weighted by atomic mass is 16.5. The van der Waals surface area contributed by atoms with Crippen LogP contribution in [0.4, 0.5) is 0 Å². The zero-order valence-corrected chi connectivity index (χ0v) is 18.0. The van der Waals surface area contributed by atoms with Crippen LogP contribution in [0.1, 0.15) is 41.4 Å². The SMILES string of the molecule is CCOC(=O)c1cc(-c2ccccc2)n(-c2ccc(C3=NN(C)C(=O)CC3)cc2)c1C. The minimum Gasteiger partial charge on any atom is -0.462 e. The molecule has 1 aliphatic heterocycles. The van der Waals surface area contributed by atoms with Crippen molar-refractivity contribution in [1.82, 2.24) is 9.58 Å². The lowest BCUT2D eigenvalue weighted by atomic mass is 10.0. The van der Waals surface area contributed by atoms with Crippen LogP contribution in [0.15, 0.2) is 65.8 Å². The summed E-state index contributed by atoms with van der Waals surface area (Å²) < 4.78 is 7.34. The maximum Gasteiger partial charge on any atom is 0.339 e. The van der Waals surface area contributed by atoms with Crippen LogP contribution in [-0.2, 0) is 9.53 Å². The minimum absolute atomic E-state index is 0.0299. The number of amides is 1. The summed E-state index contributed by atoms with van der Waals surface area (Å²) in [4.78, 5) is 24.2. The molecule has 0 fully saturated rings. The quantitative estimate of drug-likeness (QED) is 0.573. The molecule has 3 aromatic rings. The molecule has 31 heavy (non-hydrogen) atoms. The van der Waals surface area contributed by atoms with E-state index in [0.29, 0.717) is 25.0 Å². The van der Waals surface area contributed by atoms with Gasteiger partial charge in [0.15, 0.2) is 0 Å².